The standard InChI is InChI=1S/C34H48N2O4/c1-4-7-8-9-10-11-12-13-14-15-16-17-24-39-34(38)35-29-21-18-27(19-22-29)31-25-28-20-23-30(36(5-2)6-3)26-32(28)40-33(31)37/h18-23,25-26H,4-17,24H2,1-3H3,(H,35,38). The first-order chi connectivity index (χ1) is 19.5. The zero-order valence-corrected chi connectivity index (χ0v) is 24.8. The lowest BCUT2D eigenvalue weighted by molar-refractivity contribution is 0.159. The van der Waals surface area contributed by atoms with Crippen molar-refractivity contribution in [3.8, 4) is 11.1 Å². The van der Waals surface area contributed by atoms with Crippen LogP contribution in [0.15, 0.2) is 57.7 Å². The van der Waals surface area contributed by atoms with E-state index in [1.54, 1.807) is 12.1 Å². The molecule has 0 saturated heterocycles. The number of carbonyl (C=O) groups is 1. The minimum Gasteiger partial charge on any atom is -0.449 e. The number of nitrogens with one attached hydrogen (secondary N) is 1. The molecule has 6 heteroatoms. The summed E-state index contributed by atoms with van der Waals surface area (Å²) in [4.78, 5) is 27.1. The molecular formula is C34H48N2O4. The van der Waals surface area contributed by atoms with E-state index < -0.39 is 6.09 Å². The second-order valence-corrected chi connectivity index (χ2v) is 10.6. The Labute approximate surface area is 240 Å². The molecule has 1 N–H and O–H groups in total. The van der Waals surface area contributed by atoms with Gasteiger partial charge in [0.2, 0.25) is 0 Å². The van der Waals surface area contributed by atoms with E-state index in [0.717, 1.165) is 42.6 Å². The number of rotatable bonds is 18. The van der Waals surface area contributed by atoms with Gasteiger partial charge in [-0.15, -0.1) is 0 Å². The molecule has 0 saturated carbocycles. The van der Waals surface area contributed by atoms with Crippen LogP contribution < -0.4 is 15.8 Å². The molecule has 40 heavy (non-hydrogen) atoms. The fourth-order valence-corrected chi connectivity index (χ4v) is 5.08. The summed E-state index contributed by atoms with van der Waals surface area (Å²) < 4.78 is 11.0. The summed E-state index contributed by atoms with van der Waals surface area (Å²) in [6.45, 7) is 8.66. The quantitative estimate of drug-likeness (QED) is 0.127. The first-order valence-electron chi connectivity index (χ1n) is 15.4. The molecule has 0 atom stereocenters. The molecule has 218 valence electrons. The van der Waals surface area contributed by atoms with Gasteiger partial charge >= 0.3 is 11.7 Å². The highest BCUT2D eigenvalue weighted by Crippen LogP contribution is 2.26. The number of nitrogens with zero attached hydrogens (tertiary/aromatic N) is 1. The van der Waals surface area contributed by atoms with Gasteiger partial charge in [0.05, 0.1) is 12.2 Å². The van der Waals surface area contributed by atoms with Crippen LogP contribution in [0.1, 0.15) is 97.8 Å². The van der Waals surface area contributed by atoms with Gasteiger partial charge in [0, 0.05) is 35.9 Å². The zero-order valence-electron chi connectivity index (χ0n) is 24.8. The summed E-state index contributed by atoms with van der Waals surface area (Å²) in [5.74, 6) is 0. The maximum Gasteiger partial charge on any atom is 0.411 e. The summed E-state index contributed by atoms with van der Waals surface area (Å²) in [6, 6.07) is 15.0. The third-order valence-corrected chi connectivity index (χ3v) is 7.52. The number of hydrogen-bond donors (Lipinski definition) is 1. The van der Waals surface area contributed by atoms with Crippen molar-refractivity contribution in [3.63, 3.8) is 0 Å². The molecule has 1 aromatic heterocycles. The topological polar surface area (TPSA) is 71.8 Å². The molecule has 0 spiro atoms. The number of hydrogen-bond acceptors (Lipinski definition) is 5. The van der Waals surface area contributed by atoms with Crippen LogP contribution in [0.25, 0.3) is 22.1 Å². The van der Waals surface area contributed by atoms with Gasteiger partial charge in [0.1, 0.15) is 5.58 Å². The van der Waals surface area contributed by atoms with E-state index in [1.807, 2.05) is 30.3 Å². The molecule has 2 aromatic carbocycles. The van der Waals surface area contributed by atoms with Crippen molar-refractivity contribution < 1.29 is 13.9 Å². The molecule has 3 rings (SSSR count). The van der Waals surface area contributed by atoms with Crippen molar-refractivity contribution in [1.29, 1.82) is 0 Å². The highest BCUT2D eigenvalue weighted by Gasteiger charge is 2.11. The van der Waals surface area contributed by atoms with Gasteiger partial charge in [-0.05, 0) is 56.2 Å². The van der Waals surface area contributed by atoms with Crippen LogP contribution in [0, 0.1) is 0 Å². The summed E-state index contributed by atoms with van der Waals surface area (Å²) in [5.41, 5.74) is 3.08. The van der Waals surface area contributed by atoms with Crippen molar-refractivity contribution in [3.05, 3.63) is 59.0 Å². The van der Waals surface area contributed by atoms with Gasteiger partial charge in [-0.25, -0.2) is 9.59 Å². The highest BCUT2D eigenvalue weighted by atomic mass is 16.5. The molecular weight excluding hydrogens is 500 g/mol. The van der Waals surface area contributed by atoms with Gasteiger partial charge in [0.15, 0.2) is 0 Å². The van der Waals surface area contributed by atoms with E-state index in [0.29, 0.717) is 23.4 Å². The van der Waals surface area contributed by atoms with E-state index in [1.165, 1.54) is 64.2 Å². The molecule has 0 bridgehead atoms. The van der Waals surface area contributed by atoms with Crippen LogP contribution >= 0.6 is 0 Å². The Kier molecular flexibility index (Phi) is 13.6. The molecule has 6 nitrogen and oxygen atoms in total. The second-order valence-electron chi connectivity index (χ2n) is 10.6. The lowest BCUT2D eigenvalue weighted by Gasteiger charge is -2.21. The summed E-state index contributed by atoms with van der Waals surface area (Å²) in [7, 11) is 0. The molecule has 0 fully saturated rings. The number of benzene rings is 2. The van der Waals surface area contributed by atoms with Crippen LogP contribution in [0.2, 0.25) is 0 Å². The molecule has 0 radical (unpaired) electrons. The Morgan fingerprint density at radius 1 is 0.775 bits per heavy atom. The largest absolute Gasteiger partial charge is 0.449 e. The number of fused-ring (bicyclic) bond motifs is 1. The Hall–Kier alpha value is -3.28. The van der Waals surface area contributed by atoms with E-state index in [2.05, 4.69) is 37.1 Å². The van der Waals surface area contributed by atoms with Crippen LogP contribution in [0.4, 0.5) is 16.2 Å². The Morgan fingerprint density at radius 3 is 1.98 bits per heavy atom. The van der Waals surface area contributed by atoms with Gasteiger partial charge in [-0.2, -0.15) is 0 Å². The van der Waals surface area contributed by atoms with Crippen molar-refractivity contribution in [2.75, 3.05) is 29.9 Å². The monoisotopic (exact) mass is 548 g/mol. The molecule has 0 aliphatic carbocycles. The van der Waals surface area contributed by atoms with E-state index in [4.69, 9.17) is 9.15 Å². The maximum absolute atomic E-state index is 12.7. The summed E-state index contributed by atoms with van der Waals surface area (Å²) >= 11 is 0. The summed E-state index contributed by atoms with van der Waals surface area (Å²) in [6.07, 6.45) is 14.8. The summed E-state index contributed by atoms with van der Waals surface area (Å²) in [5, 5.41) is 3.64. The number of amides is 1. The van der Waals surface area contributed by atoms with Crippen LogP contribution in [0.3, 0.4) is 0 Å². The lowest BCUT2D eigenvalue weighted by Crippen LogP contribution is -2.21. The molecule has 0 aliphatic rings. The SMILES string of the molecule is CCCCCCCCCCCCCCOC(=O)Nc1ccc(-c2cc3ccc(N(CC)CC)cc3oc2=O)cc1. The molecule has 0 unspecified atom stereocenters. The first-order valence-corrected chi connectivity index (χ1v) is 15.4. The normalized spacial score (nSPS) is 11.1. The van der Waals surface area contributed by atoms with Gasteiger partial charge in [-0.3, -0.25) is 5.32 Å². The van der Waals surface area contributed by atoms with Crippen molar-refractivity contribution in [1.82, 2.24) is 0 Å². The smallest absolute Gasteiger partial charge is 0.411 e. The van der Waals surface area contributed by atoms with Crippen LogP contribution in [0.5, 0.6) is 0 Å². The first kappa shape index (κ1) is 31.3. The zero-order chi connectivity index (χ0) is 28.6. The van der Waals surface area contributed by atoms with Crippen LogP contribution in [-0.2, 0) is 4.74 Å². The number of carbonyl (C=O) groups excluding carboxylic acids is 1. The van der Waals surface area contributed by atoms with Crippen molar-refractivity contribution in [2.45, 2.75) is 97.8 Å². The fourth-order valence-electron chi connectivity index (χ4n) is 5.08. The molecule has 0 aliphatic heterocycles. The average molecular weight is 549 g/mol. The maximum atomic E-state index is 12.7. The van der Waals surface area contributed by atoms with Gasteiger partial charge < -0.3 is 14.1 Å². The lowest BCUT2D eigenvalue weighted by atomic mass is 10.1. The third kappa shape index (κ3) is 10.0. The minimum atomic E-state index is -0.454. The Balaban J connectivity index is 1.38. The minimum absolute atomic E-state index is 0.383. The molecule has 1 amide bonds. The Bertz CT molecular complexity index is 1210. The third-order valence-electron chi connectivity index (χ3n) is 7.52. The average Bonchev–Trinajstić information content (AvgIpc) is 2.96. The Morgan fingerprint density at radius 2 is 1.38 bits per heavy atom. The van der Waals surface area contributed by atoms with E-state index in [-0.39, 0.29) is 5.63 Å². The number of anilines is 2. The van der Waals surface area contributed by atoms with Crippen molar-refractivity contribution in [2.24, 2.45) is 0 Å². The van der Waals surface area contributed by atoms with E-state index in [9.17, 15) is 9.59 Å². The van der Waals surface area contributed by atoms with Gasteiger partial charge in [-0.1, -0.05) is 89.7 Å². The molecule has 3 aromatic rings. The predicted octanol–water partition coefficient (Wildman–Crippen LogP) is 9.56. The van der Waals surface area contributed by atoms with Crippen molar-refractivity contribution >= 4 is 28.4 Å². The number of unbranched alkanes of at least 4 members (excludes halogenated alkanes) is 11. The van der Waals surface area contributed by atoms with Gasteiger partial charge in [0.25, 0.3) is 0 Å². The predicted molar refractivity (Wildman–Crippen MR) is 168 cm³/mol. The second kappa shape index (κ2) is 17.4. The highest BCUT2D eigenvalue weighted by molar-refractivity contribution is 5.86. The molecule has 1 heterocycles. The fraction of sp³-hybridized carbons (Fsp3) is 0.529. The van der Waals surface area contributed by atoms with Crippen LogP contribution in [-0.4, -0.2) is 25.8 Å². The van der Waals surface area contributed by atoms with E-state index >= 15 is 0 Å². The number of ether oxygens (including phenoxy) is 1.